The fourth-order valence-electron chi connectivity index (χ4n) is 1.41. The van der Waals surface area contributed by atoms with Crippen molar-refractivity contribution < 1.29 is 4.39 Å². The van der Waals surface area contributed by atoms with Crippen molar-refractivity contribution in [2.45, 2.75) is 26.7 Å². The van der Waals surface area contributed by atoms with Crippen LogP contribution in [-0.4, -0.2) is 5.88 Å². The molecule has 84 valence electrons. The molecule has 0 heterocycles. The zero-order valence-corrected chi connectivity index (χ0v) is 10.5. The lowest BCUT2D eigenvalue weighted by Gasteiger charge is -2.25. The van der Waals surface area contributed by atoms with Crippen LogP contribution in [0.1, 0.15) is 25.8 Å². The lowest BCUT2D eigenvalue weighted by molar-refractivity contribution is 0.350. The summed E-state index contributed by atoms with van der Waals surface area (Å²) in [7, 11) is 0. The molecule has 0 saturated heterocycles. The van der Waals surface area contributed by atoms with Crippen LogP contribution in [0.5, 0.6) is 0 Å². The molecule has 0 N–H and O–H groups in total. The van der Waals surface area contributed by atoms with Crippen molar-refractivity contribution in [1.29, 1.82) is 0 Å². The summed E-state index contributed by atoms with van der Waals surface area (Å²) in [5, 5.41) is 0.181. The molecular weight excluding hydrogens is 234 g/mol. The van der Waals surface area contributed by atoms with Crippen LogP contribution in [0.2, 0.25) is 5.02 Å². The van der Waals surface area contributed by atoms with E-state index in [0.29, 0.717) is 17.9 Å². The minimum absolute atomic E-state index is 0.0624. The standard InChI is InChI=1S/C12H15Cl2F/c1-3-12(2,8-13)7-9-5-4-6-10(14)11(9)15/h4-6H,3,7-8H2,1-2H3. The van der Waals surface area contributed by atoms with E-state index < -0.39 is 0 Å². The van der Waals surface area contributed by atoms with Gasteiger partial charge in [0.25, 0.3) is 0 Å². The highest BCUT2D eigenvalue weighted by Gasteiger charge is 2.23. The fourth-order valence-corrected chi connectivity index (χ4v) is 1.89. The third-order valence-electron chi connectivity index (χ3n) is 2.82. The molecule has 1 aromatic carbocycles. The summed E-state index contributed by atoms with van der Waals surface area (Å²) < 4.78 is 13.6. The molecule has 0 aliphatic rings. The van der Waals surface area contributed by atoms with Crippen LogP contribution < -0.4 is 0 Å². The maximum absolute atomic E-state index is 13.6. The molecule has 1 rings (SSSR count). The second-order valence-electron chi connectivity index (χ2n) is 4.19. The highest BCUT2D eigenvalue weighted by atomic mass is 35.5. The second kappa shape index (κ2) is 5.18. The smallest absolute Gasteiger partial charge is 0.144 e. The lowest BCUT2D eigenvalue weighted by Crippen LogP contribution is -2.21. The summed E-state index contributed by atoms with van der Waals surface area (Å²) in [5.74, 6) is 0.207. The van der Waals surface area contributed by atoms with E-state index in [-0.39, 0.29) is 16.3 Å². The molecule has 15 heavy (non-hydrogen) atoms. The summed E-state index contributed by atoms with van der Waals surface area (Å²) in [6.07, 6.45) is 1.54. The van der Waals surface area contributed by atoms with Crippen LogP contribution in [0.3, 0.4) is 0 Å². The first-order valence-electron chi connectivity index (χ1n) is 5.01. The fraction of sp³-hybridized carbons (Fsp3) is 0.500. The lowest BCUT2D eigenvalue weighted by atomic mass is 9.83. The Morgan fingerprint density at radius 2 is 2.07 bits per heavy atom. The van der Waals surface area contributed by atoms with E-state index in [1.807, 2.05) is 0 Å². The molecule has 1 atom stereocenters. The Kier molecular flexibility index (Phi) is 4.42. The Morgan fingerprint density at radius 3 is 2.60 bits per heavy atom. The quantitative estimate of drug-likeness (QED) is 0.680. The molecule has 0 aliphatic heterocycles. The van der Waals surface area contributed by atoms with Gasteiger partial charge >= 0.3 is 0 Å². The maximum atomic E-state index is 13.6. The highest BCUT2D eigenvalue weighted by molar-refractivity contribution is 6.30. The van der Waals surface area contributed by atoms with Gasteiger partial charge in [0.15, 0.2) is 0 Å². The molecule has 0 nitrogen and oxygen atoms in total. The third-order valence-corrected chi connectivity index (χ3v) is 3.76. The van der Waals surface area contributed by atoms with Crippen molar-refractivity contribution in [1.82, 2.24) is 0 Å². The van der Waals surface area contributed by atoms with E-state index in [0.717, 1.165) is 6.42 Å². The number of benzene rings is 1. The zero-order valence-electron chi connectivity index (χ0n) is 8.99. The molecule has 0 amide bonds. The Balaban J connectivity index is 2.94. The average molecular weight is 249 g/mol. The third kappa shape index (κ3) is 3.09. The maximum Gasteiger partial charge on any atom is 0.144 e. The SMILES string of the molecule is CCC(C)(CCl)Cc1cccc(Cl)c1F. The van der Waals surface area contributed by atoms with E-state index in [4.69, 9.17) is 23.2 Å². The van der Waals surface area contributed by atoms with Gasteiger partial charge in [-0.1, -0.05) is 37.6 Å². The van der Waals surface area contributed by atoms with Crippen molar-refractivity contribution in [2.24, 2.45) is 5.41 Å². The molecule has 0 aliphatic carbocycles. The molecule has 3 heteroatoms. The van der Waals surface area contributed by atoms with Gasteiger partial charge in [-0.3, -0.25) is 0 Å². The molecular formula is C12H15Cl2F. The molecule has 0 aromatic heterocycles. The van der Waals surface area contributed by atoms with Gasteiger partial charge in [0.1, 0.15) is 5.82 Å². The Labute approximate surface area is 100 Å². The predicted molar refractivity (Wildman–Crippen MR) is 64.2 cm³/mol. The van der Waals surface area contributed by atoms with Gasteiger partial charge in [-0.05, 0) is 29.9 Å². The first-order valence-corrected chi connectivity index (χ1v) is 5.92. The van der Waals surface area contributed by atoms with E-state index in [2.05, 4.69) is 13.8 Å². The van der Waals surface area contributed by atoms with Gasteiger partial charge < -0.3 is 0 Å². The molecule has 0 saturated carbocycles. The summed E-state index contributed by atoms with van der Waals surface area (Å²) >= 11 is 11.6. The van der Waals surface area contributed by atoms with Gasteiger partial charge in [-0.15, -0.1) is 11.6 Å². The first kappa shape index (κ1) is 12.8. The van der Waals surface area contributed by atoms with Gasteiger partial charge in [0, 0.05) is 5.88 Å². The van der Waals surface area contributed by atoms with Gasteiger partial charge in [0.2, 0.25) is 0 Å². The normalized spacial score (nSPS) is 15.0. The van der Waals surface area contributed by atoms with Crippen molar-refractivity contribution in [3.8, 4) is 0 Å². The van der Waals surface area contributed by atoms with Gasteiger partial charge in [-0.25, -0.2) is 4.39 Å². The largest absolute Gasteiger partial charge is 0.205 e. The molecule has 1 unspecified atom stereocenters. The summed E-state index contributed by atoms with van der Waals surface area (Å²) in [4.78, 5) is 0. The van der Waals surface area contributed by atoms with Crippen molar-refractivity contribution in [3.63, 3.8) is 0 Å². The zero-order chi connectivity index (χ0) is 11.5. The van der Waals surface area contributed by atoms with Crippen LogP contribution in [0.4, 0.5) is 4.39 Å². The number of halogens is 3. The van der Waals surface area contributed by atoms with Crippen LogP contribution >= 0.6 is 23.2 Å². The first-order chi connectivity index (χ1) is 7.02. The average Bonchev–Trinajstić information content (AvgIpc) is 2.25. The predicted octanol–water partition coefficient (Wildman–Crippen LogP) is 4.68. The molecule has 0 fully saturated rings. The number of rotatable bonds is 4. The molecule has 0 radical (unpaired) electrons. The Hall–Kier alpha value is -0.270. The van der Waals surface area contributed by atoms with E-state index in [1.165, 1.54) is 0 Å². The van der Waals surface area contributed by atoms with Gasteiger partial charge in [-0.2, -0.15) is 0 Å². The minimum Gasteiger partial charge on any atom is -0.205 e. The van der Waals surface area contributed by atoms with E-state index in [9.17, 15) is 4.39 Å². The molecule has 1 aromatic rings. The molecule has 0 bridgehead atoms. The Bertz CT molecular complexity index is 332. The number of alkyl halides is 1. The minimum atomic E-state index is -0.316. The molecule has 0 spiro atoms. The summed E-state index contributed by atoms with van der Waals surface area (Å²) in [5.41, 5.74) is 0.583. The summed E-state index contributed by atoms with van der Waals surface area (Å²) in [6.45, 7) is 4.12. The topological polar surface area (TPSA) is 0 Å². The van der Waals surface area contributed by atoms with Gasteiger partial charge in [0.05, 0.1) is 5.02 Å². The highest BCUT2D eigenvalue weighted by Crippen LogP contribution is 2.30. The van der Waals surface area contributed by atoms with E-state index >= 15 is 0 Å². The van der Waals surface area contributed by atoms with Crippen molar-refractivity contribution in [2.75, 3.05) is 5.88 Å². The summed E-state index contributed by atoms with van der Waals surface area (Å²) in [6, 6.07) is 5.09. The van der Waals surface area contributed by atoms with Crippen LogP contribution in [0.15, 0.2) is 18.2 Å². The van der Waals surface area contributed by atoms with E-state index in [1.54, 1.807) is 18.2 Å². The second-order valence-corrected chi connectivity index (χ2v) is 4.86. The number of hydrogen-bond acceptors (Lipinski definition) is 0. The number of hydrogen-bond donors (Lipinski definition) is 0. The monoisotopic (exact) mass is 248 g/mol. The van der Waals surface area contributed by atoms with Crippen LogP contribution in [0, 0.1) is 11.2 Å². The van der Waals surface area contributed by atoms with Crippen LogP contribution in [-0.2, 0) is 6.42 Å². The van der Waals surface area contributed by atoms with Crippen molar-refractivity contribution in [3.05, 3.63) is 34.6 Å². The Morgan fingerprint density at radius 1 is 1.40 bits per heavy atom. The van der Waals surface area contributed by atoms with Crippen molar-refractivity contribution >= 4 is 23.2 Å². The van der Waals surface area contributed by atoms with Crippen LogP contribution in [0.25, 0.3) is 0 Å².